The molecule has 0 atom stereocenters. The number of hydrogen-bond acceptors (Lipinski definition) is 3. The van der Waals surface area contributed by atoms with Gasteiger partial charge in [0.1, 0.15) is 0 Å². The van der Waals surface area contributed by atoms with Gasteiger partial charge in [-0.25, -0.2) is 0 Å². The third kappa shape index (κ3) is 2.84. The van der Waals surface area contributed by atoms with Crippen LogP contribution in [0.5, 0.6) is 0 Å². The fourth-order valence-electron chi connectivity index (χ4n) is 2.59. The predicted molar refractivity (Wildman–Crippen MR) is 64.4 cm³/mol. The van der Waals surface area contributed by atoms with Gasteiger partial charge in [0.15, 0.2) is 0 Å². The summed E-state index contributed by atoms with van der Waals surface area (Å²) < 4.78 is 5.31. The van der Waals surface area contributed by atoms with E-state index in [1.807, 2.05) is 0 Å². The van der Waals surface area contributed by atoms with Gasteiger partial charge in [-0.3, -0.25) is 4.90 Å². The zero-order valence-corrected chi connectivity index (χ0v) is 10.2. The molecule has 0 radical (unpaired) electrons. The summed E-state index contributed by atoms with van der Waals surface area (Å²) in [6.07, 6.45) is 6.42. The molecule has 1 aliphatic heterocycles. The van der Waals surface area contributed by atoms with E-state index in [2.05, 4.69) is 17.9 Å². The molecule has 0 amide bonds. The number of rotatable bonds is 3. The quantitative estimate of drug-likeness (QED) is 0.740. The Balaban J connectivity index is 1.85. The molecule has 0 bridgehead atoms. The summed E-state index contributed by atoms with van der Waals surface area (Å²) in [5.41, 5.74) is 0.670. The normalized spacial score (nSPS) is 27.2. The van der Waals surface area contributed by atoms with Gasteiger partial charge in [-0.05, 0) is 25.3 Å². The lowest BCUT2D eigenvalue weighted by molar-refractivity contribution is 0.0426. The standard InChI is InChI=1S/C13H23NO2/c1-12(13(15)5-2-3-6-13)4-7-14-8-10-16-11-9-14/h4,15H,2-3,5-11H2,1H3/b12-4-. The summed E-state index contributed by atoms with van der Waals surface area (Å²) in [5.74, 6) is 0. The molecule has 1 heterocycles. The van der Waals surface area contributed by atoms with Gasteiger partial charge in [0, 0.05) is 19.6 Å². The summed E-state index contributed by atoms with van der Waals surface area (Å²) in [5, 5.41) is 10.4. The first-order chi connectivity index (χ1) is 7.71. The van der Waals surface area contributed by atoms with Crippen LogP contribution >= 0.6 is 0 Å². The van der Waals surface area contributed by atoms with E-state index >= 15 is 0 Å². The fourth-order valence-corrected chi connectivity index (χ4v) is 2.59. The second-order valence-electron chi connectivity index (χ2n) is 5.04. The van der Waals surface area contributed by atoms with Crippen LogP contribution in [0.2, 0.25) is 0 Å². The molecule has 2 rings (SSSR count). The average molecular weight is 225 g/mol. The lowest BCUT2D eigenvalue weighted by atomic mass is 9.93. The van der Waals surface area contributed by atoms with Crippen molar-refractivity contribution in [3.63, 3.8) is 0 Å². The van der Waals surface area contributed by atoms with E-state index in [4.69, 9.17) is 4.74 Å². The van der Waals surface area contributed by atoms with E-state index in [1.54, 1.807) is 0 Å². The molecule has 1 saturated carbocycles. The molecule has 3 nitrogen and oxygen atoms in total. The number of morpholine rings is 1. The lowest BCUT2D eigenvalue weighted by Gasteiger charge is -2.27. The van der Waals surface area contributed by atoms with E-state index in [9.17, 15) is 5.11 Å². The van der Waals surface area contributed by atoms with Crippen LogP contribution in [0.15, 0.2) is 11.6 Å². The maximum Gasteiger partial charge on any atom is 0.0854 e. The highest BCUT2D eigenvalue weighted by Crippen LogP contribution is 2.35. The maximum atomic E-state index is 10.4. The molecule has 0 unspecified atom stereocenters. The molecule has 0 spiro atoms. The summed E-state index contributed by atoms with van der Waals surface area (Å²) >= 11 is 0. The van der Waals surface area contributed by atoms with Crippen LogP contribution in [0, 0.1) is 0 Å². The minimum Gasteiger partial charge on any atom is -0.386 e. The van der Waals surface area contributed by atoms with Gasteiger partial charge in [0.25, 0.3) is 0 Å². The van der Waals surface area contributed by atoms with E-state index in [0.29, 0.717) is 0 Å². The second kappa shape index (κ2) is 5.30. The average Bonchev–Trinajstić information content (AvgIpc) is 2.76. The Bertz CT molecular complexity index is 251. The van der Waals surface area contributed by atoms with Crippen LogP contribution < -0.4 is 0 Å². The number of aliphatic hydroxyl groups is 1. The fraction of sp³-hybridized carbons (Fsp3) is 0.846. The third-order valence-electron chi connectivity index (χ3n) is 3.92. The second-order valence-corrected chi connectivity index (χ2v) is 5.04. The molecular formula is C13H23NO2. The van der Waals surface area contributed by atoms with E-state index in [0.717, 1.165) is 51.3 Å². The van der Waals surface area contributed by atoms with Crippen molar-refractivity contribution in [2.24, 2.45) is 0 Å². The molecule has 0 aromatic rings. The number of nitrogens with zero attached hydrogens (tertiary/aromatic N) is 1. The molecule has 92 valence electrons. The predicted octanol–water partition coefficient (Wildman–Crippen LogP) is 1.57. The van der Waals surface area contributed by atoms with Crippen molar-refractivity contribution in [1.82, 2.24) is 4.90 Å². The molecule has 2 fully saturated rings. The van der Waals surface area contributed by atoms with Crippen molar-refractivity contribution in [3.8, 4) is 0 Å². The van der Waals surface area contributed by atoms with Crippen LogP contribution in [0.1, 0.15) is 32.6 Å². The Hall–Kier alpha value is -0.380. The van der Waals surface area contributed by atoms with Crippen LogP contribution in [-0.2, 0) is 4.74 Å². The molecule has 3 heteroatoms. The Labute approximate surface area is 98.1 Å². The summed E-state index contributed by atoms with van der Waals surface area (Å²) in [4.78, 5) is 2.38. The summed E-state index contributed by atoms with van der Waals surface area (Å²) in [6, 6.07) is 0. The van der Waals surface area contributed by atoms with E-state index in [-0.39, 0.29) is 0 Å². The van der Waals surface area contributed by atoms with Crippen molar-refractivity contribution >= 4 is 0 Å². The van der Waals surface area contributed by atoms with Crippen molar-refractivity contribution in [2.75, 3.05) is 32.8 Å². The van der Waals surface area contributed by atoms with Gasteiger partial charge in [-0.15, -0.1) is 0 Å². The molecule has 1 N–H and O–H groups in total. The molecule has 0 aromatic heterocycles. The third-order valence-corrected chi connectivity index (χ3v) is 3.92. The molecule has 0 aromatic carbocycles. The zero-order valence-electron chi connectivity index (χ0n) is 10.2. The number of hydrogen-bond donors (Lipinski definition) is 1. The Morgan fingerprint density at radius 1 is 1.31 bits per heavy atom. The van der Waals surface area contributed by atoms with Crippen molar-refractivity contribution in [2.45, 2.75) is 38.2 Å². The molecule has 1 saturated heterocycles. The maximum absolute atomic E-state index is 10.4. The van der Waals surface area contributed by atoms with Gasteiger partial charge in [0.05, 0.1) is 18.8 Å². The van der Waals surface area contributed by atoms with Gasteiger partial charge in [0.2, 0.25) is 0 Å². The van der Waals surface area contributed by atoms with Crippen molar-refractivity contribution in [3.05, 3.63) is 11.6 Å². The first-order valence-corrected chi connectivity index (χ1v) is 6.40. The highest BCUT2D eigenvalue weighted by atomic mass is 16.5. The molecular weight excluding hydrogens is 202 g/mol. The Kier molecular flexibility index (Phi) is 4.00. The van der Waals surface area contributed by atoms with Crippen LogP contribution in [-0.4, -0.2) is 48.5 Å². The summed E-state index contributed by atoms with van der Waals surface area (Å²) in [6.45, 7) is 6.75. The van der Waals surface area contributed by atoms with Crippen LogP contribution in [0.25, 0.3) is 0 Å². The first-order valence-electron chi connectivity index (χ1n) is 6.40. The Morgan fingerprint density at radius 3 is 2.56 bits per heavy atom. The zero-order chi connectivity index (χ0) is 11.4. The van der Waals surface area contributed by atoms with Crippen molar-refractivity contribution < 1.29 is 9.84 Å². The summed E-state index contributed by atoms with van der Waals surface area (Å²) in [7, 11) is 0. The van der Waals surface area contributed by atoms with Crippen molar-refractivity contribution in [1.29, 1.82) is 0 Å². The van der Waals surface area contributed by atoms with Gasteiger partial charge >= 0.3 is 0 Å². The minimum absolute atomic E-state index is 0.494. The molecule has 2 aliphatic rings. The van der Waals surface area contributed by atoms with E-state index < -0.39 is 5.60 Å². The van der Waals surface area contributed by atoms with Crippen LogP contribution in [0.4, 0.5) is 0 Å². The SMILES string of the molecule is C/C(=C/CN1CCOCC1)C1(O)CCCC1. The molecule has 16 heavy (non-hydrogen) atoms. The van der Waals surface area contributed by atoms with E-state index in [1.165, 1.54) is 12.8 Å². The van der Waals surface area contributed by atoms with Crippen LogP contribution in [0.3, 0.4) is 0 Å². The lowest BCUT2D eigenvalue weighted by Crippen LogP contribution is -2.37. The number of ether oxygens (including phenoxy) is 1. The Morgan fingerprint density at radius 2 is 1.94 bits per heavy atom. The smallest absolute Gasteiger partial charge is 0.0854 e. The topological polar surface area (TPSA) is 32.7 Å². The molecule has 1 aliphatic carbocycles. The highest BCUT2D eigenvalue weighted by Gasteiger charge is 2.32. The minimum atomic E-state index is -0.494. The van der Waals surface area contributed by atoms with Gasteiger partial charge in [-0.1, -0.05) is 18.9 Å². The highest BCUT2D eigenvalue weighted by molar-refractivity contribution is 5.16. The van der Waals surface area contributed by atoms with Gasteiger partial charge < -0.3 is 9.84 Å². The van der Waals surface area contributed by atoms with Gasteiger partial charge in [-0.2, -0.15) is 0 Å². The first kappa shape index (κ1) is 12.1. The monoisotopic (exact) mass is 225 g/mol. The largest absolute Gasteiger partial charge is 0.386 e.